The van der Waals surface area contributed by atoms with E-state index in [0.717, 1.165) is 30.9 Å². The van der Waals surface area contributed by atoms with Gasteiger partial charge in [0.25, 0.3) is 0 Å². The van der Waals surface area contributed by atoms with Gasteiger partial charge in [-0.25, -0.2) is 4.98 Å². The average molecular weight is 286 g/mol. The number of aromatic nitrogens is 1. The molecule has 0 saturated carbocycles. The minimum Gasteiger partial charge on any atom is -0.383 e. The van der Waals surface area contributed by atoms with Crippen LogP contribution in [0.3, 0.4) is 0 Å². The zero-order valence-electron chi connectivity index (χ0n) is 12.2. The molecule has 108 valence electrons. The number of pyridine rings is 1. The van der Waals surface area contributed by atoms with Crippen LogP contribution in [0.15, 0.2) is 12.3 Å². The van der Waals surface area contributed by atoms with E-state index in [2.05, 4.69) is 35.1 Å². The van der Waals surface area contributed by atoms with E-state index in [0.29, 0.717) is 17.7 Å². The molecular formula is C14H24ClN3O. The molecule has 0 bridgehead atoms. The largest absolute Gasteiger partial charge is 0.383 e. The highest BCUT2D eigenvalue weighted by Gasteiger charge is 2.15. The monoisotopic (exact) mass is 285 g/mol. The highest BCUT2D eigenvalue weighted by molar-refractivity contribution is 6.31. The van der Waals surface area contributed by atoms with Crippen molar-refractivity contribution in [2.24, 2.45) is 0 Å². The topological polar surface area (TPSA) is 37.4 Å². The van der Waals surface area contributed by atoms with Crippen LogP contribution in [0.4, 0.5) is 5.82 Å². The van der Waals surface area contributed by atoms with Gasteiger partial charge in [0.1, 0.15) is 5.82 Å². The Labute approximate surface area is 121 Å². The number of hydrogen-bond acceptors (Lipinski definition) is 4. The minimum absolute atomic E-state index is 0.422. The maximum atomic E-state index is 6.15. The molecule has 1 aromatic heterocycles. The van der Waals surface area contributed by atoms with Crippen molar-refractivity contribution in [2.45, 2.75) is 32.9 Å². The third-order valence-electron chi connectivity index (χ3n) is 3.24. The van der Waals surface area contributed by atoms with E-state index in [4.69, 9.17) is 16.3 Å². The Kier molecular flexibility index (Phi) is 7.13. The first-order valence-electron chi connectivity index (χ1n) is 6.68. The maximum absolute atomic E-state index is 6.15. The first-order chi connectivity index (χ1) is 9.13. The second-order valence-electron chi connectivity index (χ2n) is 4.61. The van der Waals surface area contributed by atoms with Crippen LogP contribution in [-0.4, -0.2) is 38.3 Å². The van der Waals surface area contributed by atoms with Crippen molar-refractivity contribution in [3.05, 3.63) is 22.8 Å². The van der Waals surface area contributed by atoms with E-state index in [1.807, 2.05) is 7.05 Å². The van der Waals surface area contributed by atoms with Gasteiger partial charge in [0, 0.05) is 32.4 Å². The number of methoxy groups -OCH3 is 1. The number of halogens is 1. The van der Waals surface area contributed by atoms with Crippen molar-refractivity contribution in [1.29, 1.82) is 0 Å². The third-order valence-corrected chi connectivity index (χ3v) is 3.58. The van der Waals surface area contributed by atoms with Gasteiger partial charge in [-0.1, -0.05) is 18.5 Å². The van der Waals surface area contributed by atoms with Crippen molar-refractivity contribution in [3.63, 3.8) is 0 Å². The molecule has 0 amide bonds. The number of nitrogens with zero attached hydrogens (tertiary/aromatic N) is 2. The summed E-state index contributed by atoms with van der Waals surface area (Å²) >= 11 is 6.15. The molecule has 1 atom stereocenters. The molecule has 0 radical (unpaired) electrons. The van der Waals surface area contributed by atoms with Gasteiger partial charge in [0.2, 0.25) is 0 Å². The molecule has 1 heterocycles. The quantitative estimate of drug-likeness (QED) is 0.797. The van der Waals surface area contributed by atoms with Gasteiger partial charge in [-0.05, 0) is 32.0 Å². The smallest absolute Gasteiger partial charge is 0.129 e. The van der Waals surface area contributed by atoms with Gasteiger partial charge >= 0.3 is 0 Å². The van der Waals surface area contributed by atoms with E-state index >= 15 is 0 Å². The Bertz CT molecular complexity index is 387. The average Bonchev–Trinajstić information content (AvgIpc) is 2.42. The van der Waals surface area contributed by atoms with E-state index < -0.39 is 0 Å². The van der Waals surface area contributed by atoms with Crippen LogP contribution in [0.25, 0.3) is 0 Å². The molecule has 1 unspecified atom stereocenters. The molecule has 1 aromatic rings. The van der Waals surface area contributed by atoms with Gasteiger partial charge in [-0.3, -0.25) is 0 Å². The number of nitrogens with one attached hydrogen (secondary N) is 1. The van der Waals surface area contributed by atoms with Gasteiger partial charge in [-0.2, -0.15) is 0 Å². The predicted molar refractivity (Wildman–Crippen MR) is 81.0 cm³/mol. The summed E-state index contributed by atoms with van der Waals surface area (Å²) in [5.41, 5.74) is 1.07. The van der Waals surface area contributed by atoms with Crippen LogP contribution < -0.4 is 10.2 Å². The molecule has 0 fully saturated rings. The molecule has 1 rings (SSSR count). The molecule has 0 spiro atoms. The summed E-state index contributed by atoms with van der Waals surface area (Å²) in [6, 6.07) is 2.48. The van der Waals surface area contributed by atoms with Crippen molar-refractivity contribution >= 4 is 17.4 Å². The summed E-state index contributed by atoms with van der Waals surface area (Å²) in [7, 11) is 3.63. The number of anilines is 1. The maximum Gasteiger partial charge on any atom is 0.129 e. The van der Waals surface area contributed by atoms with E-state index in [1.165, 1.54) is 0 Å². The van der Waals surface area contributed by atoms with Crippen molar-refractivity contribution in [2.75, 3.05) is 32.2 Å². The van der Waals surface area contributed by atoms with Crippen molar-refractivity contribution in [1.82, 2.24) is 10.3 Å². The van der Waals surface area contributed by atoms with E-state index in [1.54, 1.807) is 13.3 Å². The fourth-order valence-corrected chi connectivity index (χ4v) is 2.09. The Morgan fingerprint density at radius 2 is 2.26 bits per heavy atom. The van der Waals surface area contributed by atoms with Crippen LogP contribution in [0, 0.1) is 0 Å². The second kappa shape index (κ2) is 8.35. The lowest BCUT2D eigenvalue weighted by atomic mass is 10.2. The van der Waals surface area contributed by atoms with Gasteiger partial charge in [0.05, 0.1) is 11.6 Å². The molecule has 5 heteroatoms. The normalized spacial score (nSPS) is 12.5. The number of hydrogen-bond donors (Lipinski definition) is 1. The highest BCUT2D eigenvalue weighted by atomic mass is 35.5. The summed E-state index contributed by atoms with van der Waals surface area (Å²) in [5, 5.41) is 3.82. The molecule has 0 saturated heterocycles. The summed E-state index contributed by atoms with van der Waals surface area (Å²) in [6.07, 6.45) is 2.79. The standard InChI is InChI=1S/C14H24ClN3O/c1-5-11(2)18(6-7-19-4)14-8-12(9-16-3)13(15)10-17-14/h8,10-11,16H,5-7,9H2,1-4H3. The van der Waals surface area contributed by atoms with Crippen LogP contribution in [0.2, 0.25) is 5.02 Å². The Morgan fingerprint density at radius 3 is 2.84 bits per heavy atom. The van der Waals surface area contributed by atoms with Crippen molar-refractivity contribution in [3.8, 4) is 0 Å². The fourth-order valence-electron chi connectivity index (χ4n) is 1.92. The molecule has 0 aromatic carbocycles. The fraction of sp³-hybridized carbons (Fsp3) is 0.643. The van der Waals surface area contributed by atoms with Crippen LogP contribution >= 0.6 is 11.6 Å². The zero-order valence-corrected chi connectivity index (χ0v) is 13.0. The van der Waals surface area contributed by atoms with Crippen LogP contribution in [0.5, 0.6) is 0 Å². The first kappa shape index (κ1) is 16.2. The summed E-state index contributed by atoms with van der Waals surface area (Å²) < 4.78 is 5.18. The van der Waals surface area contributed by atoms with Gasteiger partial charge in [-0.15, -0.1) is 0 Å². The van der Waals surface area contributed by atoms with Gasteiger partial charge in [0.15, 0.2) is 0 Å². The van der Waals surface area contributed by atoms with Crippen LogP contribution in [0.1, 0.15) is 25.8 Å². The zero-order chi connectivity index (χ0) is 14.3. The molecule has 0 aliphatic heterocycles. The lowest BCUT2D eigenvalue weighted by molar-refractivity contribution is 0.203. The van der Waals surface area contributed by atoms with Crippen LogP contribution in [-0.2, 0) is 11.3 Å². The summed E-state index contributed by atoms with van der Waals surface area (Å²) in [5.74, 6) is 0.959. The summed E-state index contributed by atoms with van der Waals surface area (Å²) in [6.45, 7) is 6.64. The lowest BCUT2D eigenvalue weighted by Gasteiger charge is -2.30. The Hall–Kier alpha value is -0.840. The molecule has 19 heavy (non-hydrogen) atoms. The second-order valence-corrected chi connectivity index (χ2v) is 5.01. The van der Waals surface area contributed by atoms with E-state index in [-0.39, 0.29) is 0 Å². The SMILES string of the molecule is CCC(C)N(CCOC)c1cc(CNC)c(Cl)cn1. The minimum atomic E-state index is 0.422. The molecular weight excluding hydrogens is 262 g/mol. The first-order valence-corrected chi connectivity index (χ1v) is 7.06. The number of rotatable bonds is 8. The van der Waals surface area contributed by atoms with Gasteiger partial charge < -0.3 is 15.0 Å². The van der Waals surface area contributed by atoms with Crippen molar-refractivity contribution < 1.29 is 4.74 Å². The molecule has 1 N–H and O–H groups in total. The Balaban J connectivity index is 2.97. The lowest BCUT2D eigenvalue weighted by Crippen LogP contribution is -2.36. The number of ether oxygens (including phenoxy) is 1. The molecule has 0 aliphatic rings. The third kappa shape index (κ3) is 4.64. The predicted octanol–water partition coefficient (Wildman–Crippen LogP) is 2.71. The molecule has 4 nitrogen and oxygen atoms in total. The van der Waals surface area contributed by atoms with E-state index in [9.17, 15) is 0 Å². The molecule has 0 aliphatic carbocycles. The summed E-state index contributed by atoms with van der Waals surface area (Å²) in [4.78, 5) is 6.72. The highest BCUT2D eigenvalue weighted by Crippen LogP contribution is 2.22. The Morgan fingerprint density at radius 1 is 1.53 bits per heavy atom.